The fourth-order valence-electron chi connectivity index (χ4n) is 2.40. The Morgan fingerprint density at radius 2 is 1.91 bits per heavy atom. The summed E-state index contributed by atoms with van der Waals surface area (Å²) in [5, 5.41) is 1.91. The minimum Gasteiger partial charge on any atom is -0.350 e. The normalized spacial score (nSPS) is 21.7. The Labute approximate surface area is 137 Å². The first kappa shape index (κ1) is 17.9. The topological polar surface area (TPSA) is 97.4 Å². The van der Waals surface area contributed by atoms with Crippen molar-refractivity contribution in [3.63, 3.8) is 0 Å². The molecule has 1 amide bonds. The molecule has 1 N–H and O–H groups in total. The predicted octanol–water partition coefficient (Wildman–Crippen LogP) is 1.18. The van der Waals surface area contributed by atoms with Gasteiger partial charge in [-0.05, 0) is 44.0 Å². The Morgan fingerprint density at radius 3 is 2.39 bits per heavy atom. The smallest absolute Gasteiger partial charge is 0.251 e. The van der Waals surface area contributed by atoms with Gasteiger partial charge in [0.15, 0.2) is 19.7 Å². The number of hydrogen-bond donors (Lipinski definition) is 1. The highest BCUT2D eigenvalue weighted by molar-refractivity contribution is 7.96. The van der Waals surface area contributed by atoms with E-state index < -0.39 is 24.9 Å². The molecule has 2 atom stereocenters. The second kappa shape index (κ2) is 6.60. The van der Waals surface area contributed by atoms with E-state index in [1.165, 1.54) is 24.3 Å². The number of amides is 1. The first-order chi connectivity index (χ1) is 10.7. The highest BCUT2D eigenvalue weighted by atomic mass is 32.2. The van der Waals surface area contributed by atoms with Gasteiger partial charge in [-0.1, -0.05) is 6.92 Å². The number of hydrogen-bond acceptors (Lipinski definition) is 5. The molecule has 0 radical (unpaired) electrons. The average Bonchev–Trinajstić information content (AvgIpc) is 2.88. The van der Waals surface area contributed by atoms with E-state index in [1.54, 1.807) is 0 Å². The number of nitrogens with one attached hydrogen (secondary N) is 1. The molecule has 1 aliphatic rings. The molecule has 1 saturated heterocycles. The Balaban J connectivity index is 2.17. The van der Waals surface area contributed by atoms with Crippen LogP contribution >= 0.6 is 0 Å². The maximum Gasteiger partial charge on any atom is 0.251 e. The van der Waals surface area contributed by atoms with E-state index in [1.807, 2.05) is 13.8 Å². The summed E-state index contributed by atoms with van der Waals surface area (Å²) in [5.74, 6) is -0.676. The fraction of sp³-hybridized carbons (Fsp3) is 0.533. The summed E-state index contributed by atoms with van der Waals surface area (Å²) in [4.78, 5) is 12.0. The molecule has 2 rings (SSSR count). The molecule has 1 aromatic carbocycles. The molecule has 23 heavy (non-hydrogen) atoms. The Morgan fingerprint density at radius 1 is 1.30 bits per heavy atom. The SMILES string of the molecule is CCC(C)NC(=O)c1ccc(S(=O)(=O)C2CCS(=O)(=O)C2)cc1. The summed E-state index contributed by atoms with van der Waals surface area (Å²) < 4.78 is 47.9. The zero-order valence-electron chi connectivity index (χ0n) is 13.2. The van der Waals surface area contributed by atoms with Crippen LogP contribution in [-0.2, 0) is 19.7 Å². The number of carbonyl (C=O) groups is 1. The van der Waals surface area contributed by atoms with Gasteiger partial charge in [-0.2, -0.15) is 0 Å². The summed E-state index contributed by atoms with van der Waals surface area (Å²) in [5.41, 5.74) is 0.378. The first-order valence-corrected chi connectivity index (χ1v) is 10.9. The lowest BCUT2D eigenvalue weighted by Crippen LogP contribution is -2.31. The highest BCUT2D eigenvalue weighted by Crippen LogP contribution is 2.25. The van der Waals surface area contributed by atoms with Crippen molar-refractivity contribution in [2.24, 2.45) is 0 Å². The van der Waals surface area contributed by atoms with Gasteiger partial charge >= 0.3 is 0 Å². The zero-order chi connectivity index (χ0) is 17.3. The third kappa shape index (κ3) is 4.11. The maximum absolute atomic E-state index is 12.5. The fourth-order valence-corrected chi connectivity index (χ4v) is 6.76. The quantitative estimate of drug-likeness (QED) is 0.851. The molecule has 0 spiro atoms. The molecule has 0 saturated carbocycles. The van der Waals surface area contributed by atoms with E-state index in [2.05, 4.69) is 5.32 Å². The van der Waals surface area contributed by atoms with Crippen LogP contribution in [0.2, 0.25) is 0 Å². The van der Waals surface area contributed by atoms with Gasteiger partial charge in [0.2, 0.25) is 0 Å². The molecule has 0 bridgehead atoms. The van der Waals surface area contributed by atoms with Crippen LogP contribution in [0.1, 0.15) is 37.0 Å². The molecule has 0 aromatic heterocycles. The van der Waals surface area contributed by atoms with Crippen LogP contribution in [0.25, 0.3) is 0 Å². The zero-order valence-corrected chi connectivity index (χ0v) is 14.8. The van der Waals surface area contributed by atoms with Gasteiger partial charge in [0.05, 0.1) is 21.7 Å². The third-order valence-electron chi connectivity index (χ3n) is 4.06. The van der Waals surface area contributed by atoms with E-state index in [0.29, 0.717) is 5.56 Å². The van der Waals surface area contributed by atoms with Gasteiger partial charge in [0.25, 0.3) is 5.91 Å². The Bertz CT molecular complexity index is 782. The van der Waals surface area contributed by atoms with E-state index in [-0.39, 0.29) is 34.8 Å². The summed E-state index contributed by atoms with van der Waals surface area (Å²) in [6.45, 7) is 3.84. The van der Waals surface area contributed by atoms with Gasteiger partial charge in [-0.3, -0.25) is 4.79 Å². The monoisotopic (exact) mass is 359 g/mol. The molecule has 128 valence electrons. The summed E-state index contributed by atoms with van der Waals surface area (Å²) >= 11 is 0. The largest absolute Gasteiger partial charge is 0.350 e. The van der Waals surface area contributed by atoms with Crippen LogP contribution in [0.5, 0.6) is 0 Å². The summed E-state index contributed by atoms with van der Waals surface area (Å²) in [6.07, 6.45) is 0.926. The molecule has 1 aliphatic heterocycles. The molecular formula is C15H21NO5S2. The standard InChI is InChI=1S/C15H21NO5S2/c1-3-11(2)16-15(17)12-4-6-13(7-5-12)23(20,21)14-8-9-22(18,19)10-14/h4-7,11,14H,3,8-10H2,1-2H3,(H,16,17). The van der Waals surface area contributed by atoms with Crippen molar-refractivity contribution in [1.82, 2.24) is 5.32 Å². The molecule has 0 aliphatic carbocycles. The van der Waals surface area contributed by atoms with Crippen molar-refractivity contribution in [3.05, 3.63) is 29.8 Å². The lowest BCUT2D eigenvalue weighted by molar-refractivity contribution is 0.0939. The van der Waals surface area contributed by atoms with E-state index in [9.17, 15) is 21.6 Å². The van der Waals surface area contributed by atoms with Gasteiger partial charge in [-0.25, -0.2) is 16.8 Å². The predicted molar refractivity (Wildman–Crippen MR) is 87.9 cm³/mol. The second-order valence-electron chi connectivity index (χ2n) is 5.88. The Kier molecular flexibility index (Phi) is 5.15. The van der Waals surface area contributed by atoms with Crippen LogP contribution in [0.3, 0.4) is 0 Å². The molecule has 1 fully saturated rings. The van der Waals surface area contributed by atoms with Crippen molar-refractivity contribution in [2.75, 3.05) is 11.5 Å². The molecule has 8 heteroatoms. The van der Waals surface area contributed by atoms with Crippen molar-refractivity contribution in [1.29, 1.82) is 0 Å². The number of benzene rings is 1. The third-order valence-corrected chi connectivity index (χ3v) is 8.25. The molecule has 1 aromatic rings. The van der Waals surface area contributed by atoms with Crippen LogP contribution in [-0.4, -0.2) is 45.5 Å². The minimum absolute atomic E-state index is 0.0367. The summed E-state index contributed by atoms with van der Waals surface area (Å²) in [6, 6.07) is 5.68. The number of carbonyl (C=O) groups excluding carboxylic acids is 1. The van der Waals surface area contributed by atoms with Crippen molar-refractivity contribution in [3.8, 4) is 0 Å². The van der Waals surface area contributed by atoms with Crippen molar-refractivity contribution >= 4 is 25.6 Å². The summed E-state index contributed by atoms with van der Waals surface area (Å²) in [7, 11) is -6.96. The van der Waals surface area contributed by atoms with Gasteiger partial charge in [0, 0.05) is 11.6 Å². The van der Waals surface area contributed by atoms with Crippen LogP contribution < -0.4 is 5.32 Å². The molecule has 1 heterocycles. The lowest BCUT2D eigenvalue weighted by atomic mass is 10.2. The van der Waals surface area contributed by atoms with Crippen LogP contribution in [0.4, 0.5) is 0 Å². The molecule has 6 nitrogen and oxygen atoms in total. The maximum atomic E-state index is 12.5. The molecular weight excluding hydrogens is 338 g/mol. The highest BCUT2D eigenvalue weighted by Gasteiger charge is 2.37. The molecule has 2 unspecified atom stereocenters. The average molecular weight is 359 g/mol. The van der Waals surface area contributed by atoms with E-state index >= 15 is 0 Å². The van der Waals surface area contributed by atoms with E-state index in [0.717, 1.165) is 6.42 Å². The van der Waals surface area contributed by atoms with Crippen molar-refractivity contribution < 1.29 is 21.6 Å². The van der Waals surface area contributed by atoms with Gasteiger partial charge < -0.3 is 5.32 Å². The Hall–Kier alpha value is -1.41. The minimum atomic E-state index is -3.69. The van der Waals surface area contributed by atoms with Crippen molar-refractivity contribution in [2.45, 2.75) is 42.9 Å². The van der Waals surface area contributed by atoms with Crippen LogP contribution in [0.15, 0.2) is 29.2 Å². The number of sulfone groups is 2. The van der Waals surface area contributed by atoms with E-state index in [4.69, 9.17) is 0 Å². The number of rotatable bonds is 5. The van der Waals surface area contributed by atoms with Gasteiger partial charge in [0.1, 0.15) is 0 Å². The second-order valence-corrected chi connectivity index (χ2v) is 10.3. The van der Waals surface area contributed by atoms with Gasteiger partial charge in [-0.15, -0.1) is 0 Å². The lowest BCUT2D eigenvalue weighted by Gasteiger charge is -2.13. The first-order valence-electron chi connectivity index (χ1n) is 7.51. The van der Waals surface area contributed by atoms with Crippen LogP contribution in [0, 0.1) is 0 Å².